The lowest BCUT2D eigenvalue weighted by atomic mass is 10.2. The van der Waals surface area contributed by atoms with Gasteiger partial charge in [-0.25, -0.2) is 17.8 Å². The van der Waals surface area contributed by atoms with Crippen LogP contribution in [0.2, 0.25) is 15.1 Å². The highest BCUT2D eigenvalue weighted by molar-refractivity contribution is 7.90. The minimum Gasteiger partial charge on any atom is -0.266 e. The minimum absolute atomic E-state index is 0.126. The number of carbonyl (C=O) groups is 1. The van der Waals surface area contributed by atoms with Gasteiger partial charge in [0.05, 0.1) is 22.0 Å². The number of nitrogens with zero attached hydrogens (tertiary/aromatic N) is 3. The number of carbonyl (C=O) groups excluding carboxylic acids is 1. The van der Waals surface area contributed by atoms with E-state index in [2.05, 4.69) is 10.3 Å². The smallest absolute Gasteiger partial charge is 0.266 e. The molecule has 1 N–H and O–H groups in total. The summed E-state index contributed by atoms with van der Waals surface area (Å²) in [5, 5.41) is 7.49. The van der Waals surface area contributed by atoms with Crippen molar-refractivity contribution >= 4 is 50.7 Å². The predicted molar refractivity (Wildman–Crippen MR) is 107 cm³/mol. The molecule has 3 rings (SSSR count). The van der Waals surface area contributed by atoms with Crippen LogP contribution in [0.3, 0.4) is 0 Å². The maximum Gasteiger partial charge on any atom is 0.416 e. The third kappa shape index (κ3) is 4.95. The Morgan fingerprint density at radius 3 is 2.26 bits per heavy atom. The van der Waals surface area contributed by atoms with Gasteiger partial charge in [-0.05, 0) is 43.3 Å². The standard InChI is InChI=1S/C17H10Cl3F3N4O3S/c1-8-15(24-26-27(8)12-6-10(18)5-11(19)7-12)16(28)25-31(29,30)14-4-9(17(21,22)23)2-3-13(14)20/h2-7H,1H3,(H,25,28). The second-order valence-electron chi connectivity index (χ2n) is 6.14. The van der Waals surface area contributed by atoms with E-state index in [1.54, 1.807) is 4.72 Å². The number of hydrogen-bond donors (Lipinski definition) is 1. The van der Waals surface area contributed by atoms with Crippen LogP contribution in [0, 0.1) is 6.92 Å². The number of nitrogens with one attached hydrogen (secondary N) is 1. The number of sulfonamides is 1. The van der Waals surface area contributed by atoms with Crippen molar-refractivity contribution in [1.82, 2.24) is 19.7 Å². The predicted octanol–water partition coefficient (Wildman–Crippen LogP) is 4.67. The first-order chi connectivity index (χ1) is 14.3. The molecule has 0 fully saturated rings. The molecule has 0 aliphatic rings. The Balaban J connectivity index is 1.94. The Bertz CT molecular complexity index is 1270. The molecule has 7 nitrogen and oxygen atoms in total. The molecule has 1 aromatic heterocycles. The number of amides is 1. The van der Waals surface area contributed by atoms with Crippen LogP contribution in [0.5, 0.6) is 0 Å². The Hall–Kier alpha value is -2.34. The van der Waals surface area contributed by atoms with Gasteiger partial charge >= 0.3 is 6.18 Å². The Morgan fingerprint density at radius 2 is 1.68 bits per heavy atom. The Labute approximate surface area is 188 Å². The third-order valence-electron chi connectivity index (χ3n) is 3.98. The molecule has 164 valence electrons. The highest BCUT2D eigenvalue weighted by Gasteiger charge is 2.33. The third-order valence-corrected chi connectivity index (χ3v) is 6.23. The van der Waals surface area contributed by atoms with Crippen molar-refractivity contribution in [2.75, 3.05) is 0 Å². The van der Waals surface area contributed by atoms with Gasteiger partial charge in [0.2, 0.25) is 0 Å². The van der Waals surface area contributed by atoms with Crippen molar-refractivity contribution in [1.29, 1.82) is 0 Å². The summed E-state index contributed by atoms with van der Waals surface area (Å²) in [5.74, 6) is -1.22. The van der Waals surface area contributed by atoms with Crippen molar-refractivity contribution in [3.63, 3.8) is 0 Å². The molecule has 0 unspecified atom stereocenters. The quantitative estimate of drug-likeness (QED) is 0.547. The van der Waals surface area contributed by atoms with Crippen LogP contribution in [-0.4, -0.2) is 29.3 Å². The molecule has 14 heteroatoms. The fraction of sp³-hybridized carbons (Fsp3) is 0.118. The number of aromatic nitrogens is 3. The largest absolute Gasteiger partial charge is 0.416 e. The van der Waals surface area contributed by atoms with Gasteiger partial charge in [-0.1, -0.05) is 40.0 Å². The van der Waals surface area contributed by atoms with E-state index >= 15 is 0 Å². The van der Waals surface area contributed by atoms with Gasteiger partial charge in [0.1, 0.15) is 4.90 Å². The zero-order valence-electron chi connectivity index (χ0n) is 15.2. The van der Waals surface area contributed by atoms with E-state index < -0.39 is 37.6 Å². The van der Waals surface area contributed by atoms with E-state index in [4.69, 9.17) is 34.8 Å². The van der Waals surface area contributed by atoms with Gasteiger partial charge in [0.25, 0.3) is 15.9 Å². The first-order valence-corrected chi connectivity index (χ1v) is 10.7. The Kier molecular flexibility index (Phi) is 6.25. The summed E-state index contributed by atoms with van der Waals surface area (Å²) < 4.78 is 66.7. The summed E-state index contributed by atoms with van der Waals surface area (Å²) >= 11 is 17.6. The van der Waals surface area contributed by atoms with Crippen LogP contribution in [0.1, 0.15) is 21.7 Å². The van der Waals surface area contributed by atoms with Gasteiger partial charge in [-0.3, -0.25) is 4.79 Å². The first kappa shape index (κ1) is 23.3. The average Bonchev–Trinajstić information content (AvgIpc) is 3.01. The molecule has 2 aromatic carbocycles. The molecule has 0 aliphatic carbocycles. The van der Waals surface area contributed by atoms with E-state index in [1.165, 1.54) is 29.8 Å². The molecule has 31 heavy (non-hydrogen) atoms. The molecule has 0 saturated carbocycles. The minimum atomic E-state index is -4.81. The van der Waals surface area contributed by atoms with Crippen molar-refractivity contribution < 1.29 is 26.4 Å². The van der Waals surface area contributed by atoms with Crippen molar-refractivity contribution in [3.8, 4) is 5.69 Å². The second kappa shape index (κ2) is 8.30. The fourth-order valence-electron chi connectivity index (χ4n) is 2.56. The van der Waals surface area contributed by atoms with E-state index in [0.717, 1.165) is 6.07 Å². The molecule has 0 radical (unpaired) electrons. The number of halogens is 6. The van der Waals surface area contributed by atoms with E-state index in [9.17, 15) is 26.4 Å². The molecule has 1 heterocycles. The van der Waals surface area contributed by atoms with Crippen LogP contribution in [-0.2, 0) is 16.2 Å². The number of hydrogen-bond acceptors (Lipinski definition) is 5. The van der Waals surface area contributed by atoms with Crippen LogP contribution >= 0.6 is 34.8 Å². The molecular formula is C17H10Cl3F3N4O3S. The summed E-state index contributed by atoms with van der Waals surface area (Å²) in [7, 11) is -4.76. The average molecular weight is 514 g/mol. The molecule has 0 spiro atoms. The van der Waals surface area contributed by atoms with Crippen LogP contribution in [0.25, 0.3) is 5.69 Å². The number of benzene rings is 2. The summed E-state index contributed by atoms with van der Waals surface area (Å²) in [6.07, 6.45) is -4.81. The van der Waals surface area contributed by atoms with E-state index in [-0.39, 0.29) is 21.4 Å². The van der Waals surface area contributed by atoms with E-state index in [0.29, 0.717) is 17.8 Å². The van der Waals surface area contributed by atoms with Gasteiger partial charge < -0.3 is 0 Å². The highest BCUT2D eigenvalue weighted by atomic mass is 35.5. The monoisotopic (exact) mass is 512 g/mol. The zero-order valence-corrected chi connectivity index (χ0v) is 18.3. The molecule has 0 aliphatic heterocycles. The van der Waals surface area contributed by atoms with Gasteiger partial charge in [-0.2, -0.15) is 13.2 Å². The molecule has 1 amide bonds. The zero-order chi connectivity index (χ0) is 23.1. The summed E-state index contributed by atoms with van der Waals surface area (Å²) in [5.41, 5.74) is -1.15. The molecule has 0 bridgehead atoms. The fourth-order valence-corrected chi connectivity index (χ4v) is 4.55. The Morgan fingerprint density at radius 1 is 1.06 bits per heavy atom. The van der Waals surface area contributed by atoms with Crippen LogP contribution in [0.15, 0.2) is 41.3 Å². The first-order valence-electron chi connectivity index (χ1n) is 8.12. The molecule has 0 atom stereocenters. The van der Waals surface area contributed by atoms with Gasteiger partial charge in [-0.15, -0.1) is 5.10 Å². The van der Waals surface area contributed by atoms with Gasteiger partial charge in [0, 0.05) is 10.0 Å². The van der Waals surface area contributed by atoms with Crippen molar-refractivity contribution in [2.24, 2.45) is 0 Å². The SMILES string of the molecule is Cc1c(C(=O)NS(=O)(=O)c2cc(C(F)(F)F)ccc2Cl)nnn1-c1cc(Cl)cc(Cl)c1. The topological polar surface area (TPSA) is 93.9 Å². The molecular weight excluding hydrogens is 504 g/mol. The van der Waals surface area contributed by atoms with E-state index in [1.807, 2.05) is 0 Å². The number of rotatable bonds is 4. The number of alkyl halides is 3. The molecule has 0 saturated heterocycles. The second-order valence-corrected chi connectivity index (χ2v) is 9.07. The van der Waals surface area contributed by atoms with Gasteiger partial charge in [0.15, 0.2) is 5.69 Å². The summed E-state index contributed by atoms with van der Waals surface area (Å²) in [6.45, 7) is 1.42. The maximum atomic E-state index is 12.9. The lowest BCUT2D eigenvalue weighted by Gasteiger charge is -2.11. The summed E-state index contributed by atoms with van der Waals surface area (Å²) in [6, 6.07) is 6.16. The van der Waals surface area contributed by atoms with Crippen LogP contribution in [0.4, 0.5) is 13.2 Å². The molecule has 3 aromatic rings. The lowest BCUT2D eigenvalue weighted by Crippen LogP contribution is -2.31. The van der Waals surface area contributed by atoms with Crippen molar-refractivity contribution in [2.45, 2.75) is 18.0 Å². The summed E-state index contributed by atoms with van der Waals surface area (Å²) in [4.78, 5) is 11.6. The normalized spacial score (nSPS) is 12.1. The van der Waals surface area contributed by atoms with Crippen molar-refractivity contribution in [3.05, 3.63) is 68.4 Å². The maximum absolute atomic E-state index is 12.9. The highest BCUT2D eigenvalue weighted by Crippen LogP contribution is 2.33. The lowest BCUT2D eigenvalue weighted by molar-refractivity contribution is -0.137. The van der Waals surface area contributed by atoms with Crippen LogP contribution < -0.4 is 4.72 Å².